The molecule has 0 radical (unpaired) electrons. The maximum absolute atomic E-state index is 12.9. The molecule has 0 unspecified atom stereocenters. The second-order valence-electron chi connectivity index (χ2n) is 9.99. The van der Waals surface area contributed by atoms with Crippen molar-refractivity contribution in [3.63, 3.8) is 0 Å². The number of rotatable bonds is 7. The van der Waals surface area contributed by atoms with Gasteiger partial charge in [0.05, 0.1) is 23.2 Å². The standard InChI is InChI=1S/C29H26N6O6S/c1-14-12-40-20-5-3-16(7-18(20)32-14)10-30-23(36)9-22-15(2)25-27(38)34-26(35-29(25)42-22)28(39)31-11-17-4-6-21-19(8-17)33-24(37)13-41-21/h3-8H,9-13H2,1-2H3,(H,30,36)(H,31,39)(H,33,37)(H,34,35,38). The Bertz CT molecular complexity index is 1860. The van der Waals surface area contributed by atoms with E-state index in [0.717, 1.165) is 22.5 Å². The molecule has 0 bridgehead atoms. The van der Waals surface area contributed by atoms with E-state index in [2.05, 4.69) is 30.9 Å². The summed E-state index contributed by atoms with van der Waals surface area (Å²) in [6, 6.07) is 10.8. The van der Waals surface area contributed by atoms with E-state index in [-0.39, 0.29) is 37.2 Å². The molecule has 42 heavy (non-hydrogen) atoms. The zero-order valence-electron chi connectivity index (χ0n) is 22.8. The SMILES string of the molecule is CC1=Nc2cc(CNC(=O)Cc3sc4nc(C(=O)NCc5ccc6c(c5)NC(=O)CO6)[nH]c(=O)c4c3C)ccc2OC1. The van der Waals surface area contributed by atoms with Crippen LogP contribution in [0.3, 0.4) is 0 Å². The van der Waals surface area contributed by atoms with Crippen molar-refractivity contribution in [3.8, 4) is 11.5 Å². The van der Waals surface area contributed by atoms with Gasteiger partial charge in [-0.1, -0.05) is 12.1 Å². The third-order valence-electron chi connectivity index (χ3n) is 6.83. The van der Waals surface area contributed by atoms with E-state index in [1.807, 2.05) is 25.1 Å². The summed E-state index contributed by atoms with van der Waals surface area (Å²) in [6.45, 7) is 4.55. The molecule has 0 fully saturated rings. The molecule has 4 heterocycles. The van der Waals surface area contributed by atoms with Gasteiger partial charge in [0.2, 0.25) is 11.7 Å². The number of hydrogen-bond acceptors (Lipinski definition) is 9. The number of H-pyrrole nitrogens is 1. The quantitative estimate of drug-likeness (QED) is 0.259. The summed E-state index contributed by atoms with van der Waals surface area (Å²) >= 11 is 1.21. The van der Waals surface area contributed by atoms with Crippen LogP contribution in [0.1, 0.15) is 39.1 Å². The van der Waals surface area contributed by atoms with E-state index in [4.69, 9.17) is 9.47 Å². The molecule has 13 heteroatoms. The number of aromatic nitrogens is 2. The van der Waals surface area contributed by atoms with Gasteiger partial charge < -0.3 is 30.4 Å². The van der Waals surface area contributed by atoms with Crippen LogP contribution in [-0.2, 0) is 29.1 Å². The van der Waals surface area contributed by atoms with Crippen LogP contribution in [0, 0.1) is 6.92 Å². The lowest BCUT2D eigenvalue weighted by molar-refractivity contribution is -0.120. The number of nitrogens with zero attached hydrogens (tertiary/aromatic N) is 2. The highest BCUT2D eigenvalue weighted by Crippen LogP contribution is 2.32. The molecule has 2 aromatic heterocycles. The highest BCUT2D eigenvalue weighted by atomic mass is 32.1. The van der Waals surface area contributed by atoms with Crippen molar-refractivity contribution in [1.82, 2.24) is 20.6 Å². The van der Waals surface area contributed by atoms with Gasteiger partial charge in [-0.05, 0) is 54.8 Å². The van der Waals surface area contributed by atoms with Crippen molar-refractivity contribution in [3.05, 3.63) is 74.1 Å². The number of carbonyl (C=O) groups is 3. The van der Waals surface area contributed by atoms with Crippen molar-refractivity contribution in [2.24, 2.45) is 4.99 Å². The number of hydrogen-bond donors (Lipinski definition) is 4. The summed E-state index contributed by atoms with van der Waals surface area (Å²) in [7, 11) is 0. The number of ether oxygens (including phenoxy) is 2. The third kappa shape index (κ3) is 5.59. The van der Waals surface area contributed by atoms with Crippen LogP contribution in [0.25, 0.3) is 10.2 Å². The van der Waals surface area contributed by atoms with E-state index in [0.29, 0.717) is 51.0 Å². The lowest BCUT2D eigenvalue weighted by Crippen LogP contribution is -2.28. The second kappa shape index (κ2) is 11.1. The zero-order chi connectivity index (χ0) is 29.4. The molecule has 4 aromatic rings. The fraction of sp³-hybridized carbons (Fsp3) is 0.241. The Morgan fingerprint density at radius 1 is 0.976 bits per heavy atom. The minimum Gasteiger partial charge on any atom is -0.485 e. The van der Waals surface area contributed by atoms with Crippen LogP contribution >= 0.6 is 11.3 Å². The average molecular weight is 587 g/mol. The van der Waals surface area contributed by atoms with Gasteiger partial charge in [0.1, 0.15) is 28.6 Å². The van der Waals surface area contributed by atoms with E-state index in [1.54, 1.807) is 25.1 Å². The van der Waals surface area contributed by atoms with Crippen molar-refractivity contribution >= 4 is 56.4 Å². The van der Waals surface area contributed by atoms with Gasteiger partial charge in [0.15, 0.2) is 6.61 Å². The Morgan fingerprint density at radius 3 is 2.55 bits per heavy atom. The molecule has 3 amide bonds. The zero-order valence-corrected chi connectivity index (χ0v) is 23.6. The van der Waals surface area contributed by atoms with Crippen LogP contribution in [0.4, 0.5) is 11.4 Å². The maximum atomic E-state index is 12.9. The highest BCUT2D eigenvalue weighted by Gasteiger charge is 2.20. The van der Waals surface area contributed by atoms with Gasteiger partial charge >= 0.3 is 0 Å². The van der Waals surface area contributed by atoms with Crippen LogP contribution in [0.15, 0.2) is 46.2 Å². The molecule has 2 aliphatic rings. The van der Waals surface area contributed by atoms with Gasteiger partial charge in [0, 0.05) is 18.0 Å². The predicted octanol–water partition coefficient (Wildman–Crippen LogP) is 2.90. The number of anilines is 1. The number of aromatic amines is 1. The maximum Gasteiger partial charge on any atom is 0.287 e. The smallest absolute Gasteiger partial charge is 0.287 e. The minimum atomic E-state index is -0.563. The number of carbonyl (C=O) groups excluding carboxylic acids is 3. The summed E-state index contributed by atoms with van der Waals surface area (Å²) in [4.78, 5) is 62.6. The van der Waals surface area contributed by atoms with E-state index >= 15 is 0 Å². The van der Waals surface area contributed by atoms with Crippen molar-refractivity contribution in [2.45, 2.75) is 33.4 Å². The van der Waals surface area contributed by atoms with Gasteiger partial charge in [-0.3, -0.25) is 24.2 Å². The first-order valence-corrected chi connectivity index (χ1v) is 14.0. The van der Waals surface area contributed by atoms with Gasteiger partial charge in [-0.2, -0.15) is 0 Å². The molecule has 2 aliphatic heterocycles. The molecule has 0 saturated carbocycles. The topological polar surface area (TPSA) is 164 Å². The molecule has 12 nitrogen and oxygen atoms in total. The van der Waals surface area contributed by atoms with Crippen LogP contribution < -0.4 is 31.0 Å². The summed E-state index contributed by atoms with van der Waals surface area (Å²) in [5, 5.41) is 8.72. The molecule has 0 atom stereocenters. The summed E-state index contributed by atoms with van der Waals surface area (Å²) in [6.07, 6.45) is 0.0672. The predicted molar refractivity (Wildman–Crippen MR) is 157 cm³/mol. The van der Waals surface area contributed by atoms with Gasteiger partial charge in [-0.25, -0.2) is 4.98 Å². The van der Waals surface area contributed by atoms with Gasteiger partial charge in [-0.15, -0.1) is 11.3 Å². The molecule has 0 aliphatic carbocycles. The van der Waals surface area contributed by atoms with Gasteiger partial charge in [0.25, 0.3) is 17.4 Å². The lowest BCUT2D eigenvalue weighted by Gasteiger charge is -2.18. The molecule has 0 saturated heterocycles. The summed E-state index contributed by atoms with van der Waals surface area (Å²) in [5.74, 6) is 0.112. The monoisotopic (exact) mass is 586 g/mol. The number of nitrogens with one attached hydrogen (secondary N) is 4. The fourth-order valence-corrected chi connectivity index (χ4v) is 5.86. The minimum absolute atomic E-state index is 0.0415. The Hall–Kier alpha value is -5.04. The van der Waals surface area contributed by atoms with E-state index in [9.17, 15) is 19.2 Å². The van der Waals surface area contributed by atoms with Crippen LogP contribution in [-0.4, -0.2) is 46.6 Å². The van der Waals surface area contributed by atoms with Crippen molar-refractivity contribution in [2.75, 3.05) is 18.5 Å². The first kappa shape index (κ1) is 27.1. The molecule has 6 rings (SSSR count). The number of benzene rings is 2. The Balaban J connectivity index is 1.11. The van der Waals surface area contributed by atoms with E-state index in [1.165, 1.54) is 11.3 Å². The lowest BCUT2D eigenvalue weighted by atomic mass is 10.1. The van der Waals surface area contributed by atoms with Crippen LogP contribution in [0.2, 0.25) is 0 Å². The Kier molecular flexibility index (Phi) is 7.17. The third-order valence-corrected chi connectivity index (χ3v) is 8.01. The fourth-order valence-electron chi connectivity index (χ4n) is 4.68. The van der Waals surface area contributed by atoms with Crippen molar-refractivity contribution < 1.29 is 23.9 Å². The highest BCUT2D eigenvalue weighted by molar-refractivity contribution is 7.18. The Morgan fingerprint density at radius 2 is 1.71 bits per heavy atom. The normalized spacial score (nSPS) is 13.7. The number of aliphatic imine (C=N–C) groups is 1. The molecule has 0 spiro atoms. The molecule has 4 N–H and O–H groups in total. The van der Waals surface area contributed by atoms with Crippen LogP contribution in [0.5, 0.6) is 11.5 Å². The molecule has 2 aromatic carbocycles. The summed E-state index contributed by atoms with van der Waals surface area (Å²) < 4.78 is 11.0. The molecule has 214 valence electrons. The largest absolute Gasteiger partial charge is 0.485 e. The molecular formula is C29H26N6O6S. The summed E-state index contributed by atoms with van der Waals surface area (Å²) in [5.41, 5.74) is 3.96. The first-order chi connectivity index (χ1) is 20.2. The van der Waals surface area contributed by atoms with E-state index < -0.39 is 11.5 Å². The average Bonchev–Trinajstić information content (AvgIpc) is 3.29. The number of aryl methyl sites for hydroxylation is 1. The first-order valence-electron chi connectivity index (χ1n) is 13.2. The number of amides is 3. The number of fused-ring (bicyclic) bond motifs is 3. The molecular weight excluding hydrogens is 560 g/mol. The number of thiophene rings is 1. The van der Waals surface area contributed by atoms with Crippen molar-refractivity contribution in [1.29, 1.82) is 0 Å². The Labute approximate surface area is 243 Å². The second-order valence-corrected chi connectivity index (χ2v) is 11.1.